The number of hydrogen-bond acceptors (Lipinski definition) is 3. The maximum atomic E-state index is 12.1. The average molecular weight is 349 g/mol. The van der Waals surface area contributed by atoms with E-state index in [9.17, 15) is 9.59 Å². The first-order chi connectivity index (χ1) is 12.0. The average Bonchev–Trinajstić information content (AvgIpc) is 2.62. The van der Waals surface area contributed by atoms with Crippen molar-refractivity contribution in [2.45, 2.75) is 91.9 Å². The minimum atomic E-state index is -0.508. The molecule has 1 fully saturated rings. The van der Waals surface area contributed by atoms with E-state index in [0.29, 0.717) is 23.0 Å². The maximum Gasteiger partial charge on any atom is 0.341 e. The zero-order valence-electron chi connectivity index (χ0n) is 16.6. The summed E-state index contributed by atoms with van der Waals surface area (Å²) in [5.74, 6) is 0.0522. The number of esters is 2. The molecule has 25 heavy (non-hydrogen) atoms. The fourth-order valence-corrected chi connectivity index (χ4v) is 3.38. The Morgan fingerprint density at radius 1 is 1.04 bits per heavy atom. The van der Waals surface area contributed by atoms with Crippen molar-refractivity contribution in [1.29, 1.82) is 0 Å². The molecule has 0 bridgehead atoms. The molecule has 0 spiro atoms. The molecule has 3 heteroatoms. The van der Waals surface area contributed by atoms with Gasteiger partial charge in [-0.05, 0) is 44.9 Å². The lowest BCUT2D eigenvalue weighted by atomic mass is 9.88. The summed E-state index contributed by atoms with van der Waals surface area (Å²) in [5.41, 5.74) is 1.09. The molecule has 0 aliphatic heterocycles. The molecule has 0 N–H and O–H groups in total. The Kier molecular flexibility index (Phi) is 10.4. The van der Waals surface area contributed by atoms with E-state index in [4.69, 9.17) is 4.74 Å². The molecule has 0 amide bonds. The molecule has 0 radical (unpaired) electrons. The minimum Gasteiger partial charge on any atom is -0.386 e. The topological polar surface area (TPSA) is 43.4 Å². The summed E-state index contributed by atoms with van der Waals surface area (Å²) in [7, 11) is 0. The SMILES string of the molecule is CCCCC(CC)CC=C(C)C(=O)OC(=O)C(C)=CC1CCCCC1. The Labute approximate surface area is 153 Å². The van der Waals surface area contributed by atoms with Crippen LogP contribution in [-0.2, 0) is 14.3 Å². The van der Waals surface area contributed by atoms with Crippen LogP contribution in [0.5, 0.6) is 0 Å². The lowest BCUT2D eigenvalue weighted by molar-refractivity contribution is -0.154. The molecular formula is C22H36O3. The van der Waals surface area contributed by atoms with E-state index in [1.54, 1.807) is 13.8 Å². The Morgan fingerprint density at radius 2 is 1.68 bits per heavy atom. The first kappa shape index (κ1) is 21.7. The molecule has 0 aromatic rings. The largest absolute Gasteiger partial charge is 0.386 e. The molecule has 0 aromatic heterocycles. The second-order valence-electron chi connectivity index (χ2n) is 7.46. The summed E-state index contributed by atoms with van der Waals surface area (Å²) in [6.07, 6.45) is 15.5. The summed E-state index contributed by atoms with van der Waals surface area (Å²) in [4.78, 5) is 24.3. The van der Waals surface area contributed by atoms with E-state index in [2.05, 4.69) is 13.8 Å². The first-order valence-electron chi connectivity index (χ1n) is 10.1. The van der Waals surface area contributed by atoms with E-state index < -0.39 is 11.9 Å². The van der Waals surface area contributed by atoms with Crippen LogP contribution in [0.4, 0.5) is 0 Å². The zero-order chi connectivity index (χ0) is 18.7. The molecule has 1 atom stereocenters. The second kappa shape index (κ2) is 12.1. The fraction of sp³-hybridized carbons (Fsp3) is 0.727. The van der Waals surface area contributed by atoms with E-state index in [0.717, 1.165) is 25.7 Å². The van der Waals surface area contributed by atoms with Gasteiger partial charge in [0, 0.05) is 11.1 Å². The maximum absolute atomic E-state index is 12.1. The summed E-state index contributed by atoms with van der Waals surface area (Å²) >= 11 is 0. The quantitative estimate of drug-likeness (QED) is 0.286. The number of carbonyl (C=O) groups is 2. The smallest absolute Gasteiger partial charge is 0.341 e. The van der Waals surface area contributed by atoms with Crippen LogP contribution in [0, 0.1) is 11.8 Å². The van der Waals surface area contributed by atoms with E-state index in [1.165, 1.54) is 38.5 Å². The minimum absolute atomic E-state index is 0.455. The third-order valence-electron chi connectivity index (χ3n) is 5.27. The van der Waals surface area contributed by atoms with Gasteiger partial charge < -0.3 is 4.74 Å². The van der Waals surface area contributed by atoms with Crippen molar-refractivity contribution >= 4 is 11.9 Å². The van der Waals surface area contributed by atoms with Gasteiger partial charge >= 0.3 is 11.9 Å². The molecule has 1 saturated carbocycles. The Bertz CT molecular complexity index is 482. The van der Waals surface area contributed by atoms with Gasteiger partial charge in [-0.2, -0.15) is 0 Å². The molecule has 1 aliphatic carbocycles. The summed E-state index contributed by atoms with van der Waals surface area (Å²) < 4.78 is 5.05. The Balaban J connectivity index is 2.50. The van der Waals surface area contributed by atoms with Gasteiger partial charge in [0.1, 0.15) is 0 Å². The molecule has 3 nitrogen and oxygen atoms in total. The molecule has 142 valence electrons. The van der Waals surface area contributed by atoms with Crippen LogP contribution in [0.15, 0.2) is 23.3 Å². The van der Waals surface area contributed by atoms with Crippen molar-refractivity contribution in [3.05, 3.63) is 23.3 Å². The highest BCUT2D eigenvalue weighted by Crippen LogP contribution is 2.26. The molecule has 0 heterocycles. The number of ether oxygens (including phenoxy) is 1. The molecule has 1 rings (SSSR count). The van der Waals surface area contributed by atoms with Crippen molar-refractivity contribution in [3.8, 4) is 0 Å². The predicted molar refractivity (Wildman–Crippen MR) is 103 cm³/mol. The lowest BCUT2D eigenvalue weighted by Gasteiger charge is -2.18. The van der Waals surface area contributed by atoms with Gasteiger partial charge in [0.05, 0.1) is 0 Å². The third kappa shape index (κ3) is 8.51. The lowest BCUT2D eigenvalue weighted by Crippen LogP contribution is -2.15. The Morgan fingerprint density at radius 3 is 2.28 bits per heavy atom. The van der Waals surface area contributed by atoms with Crippen LogP contribution >= 0.6 is 0 Å². The standard InChI is InChI=1S/C22H36O3/c1-5-7-11-19(6-2)15-14-17(3)21(23)25-22(24)18(4)16-20-12-9-8-10-13-20/h14,16,19-20H,5-13,15H2,1-4H3. The predicted octanol–water partition coefficient (Wildman–Crippen LogP) is 6.14. The zero-order valence-corrected chi connectivity index (χ0v) is 16.6. The number of allylic oxidation sites excluding steroid dienone is 2. The van der Waals surface area contributed by atoms with Gasteiger partial charge in [0.15, 0.2) is 0 Å². The van der Waals surface area contributed by atoms with Crippen LogP contribution in [0.25, 0.3) is 0 Å². The number of carbonyl (C=O) groups excluding carboxylic acids is 2. The highest BCUT2D eigenvalue weighted by molar-refractivity contribution is 6.01. The Hall–Kier alpha value is -1.38. The van der Waals surface area contributed by atoms with Crippen molar-refractivity contribution in [1.82, 2.24) is 0 Å². The van der Waals surface area contributed by atoms with Crippen molar-refractivity contribution in [2.75, 3.05) is 0 Å². The van der Waals surface area contributed by atoms with Crippen molar-refractivity contribution in [3.63, 3.8) is 0 Å². The van der Waals surface area contributed by atoms with Crippen LogP contribution < -0.4 is 0 Å². The monoisotopic (exact) mass is 348 g/mol. The van der Waals surface area contributed by atoms with Crippen LogP contribution in [0.3, 0.4) is 0 Å². The van der Waals surface area contributed by atoms with Crippen LogP contribution in [-0.4, -0.2) is 11.9 Å². The molecule has 0 aromatic carbocycles. The highest BCUT2D eigenvalue weighted by Gasteiger charge is 2.17. The van der Waals surface area contributed by atoms with Crippen molar-refractivity contribution in [2.24, 2.45) is 11.8 Å². The number of unbranched alkanes of at least 4 members (excludes halogenated alkanes) is 1. The first-order valence-corrected chi connectivity index (χ1v) is 10.1. The molecule has 0 saturated heterocycles. The van der Waals surface area contributed by atoms with E-state index in [1.807, 2.05) is 12.2 Å². The summed E-state index contributed by atoms with van der Waals surface area (Å²) in [6, 6.07) is 0. The van der Waals surface area contributed by atoms with Crippen LogP contribution in [0.1, 0.15) is 91.9 Å². The second-order valence-corrected chi connectivity index (χ2v) is 7.46. The molecule has 1 unspecified atom stereocenters. The van der Waals surface area contributed by atoms with Gasteiger partial charge in [-0.1, -0.05) is 70.9 Å². The molecular weight excluding hydrogens is 312 g/mol. The number of rotatable bonds is 9. The highest BCUT2D eigenvalue weighted by atomic mass is 16.6. The van der Waals surface area contributed by atoms with E-state index in [-0.39, 0.29) is 0 Å². The normalized spacial score (nSPS) is 18.1. The van der Waals surface area contributed by atoms with Crippen molar-refractivity contribution < 1.29 is 14.3 Å². The van der Waals surface area contributed by atoms with Gasteiger partial charge in [0.25, 0.3) is 0 Å². The van der Waals surface area contributed by atoms with Gasteiger partial charge in [0.2, 0.25) is 0 Å². The fourth-order valence-electron chi connectivity index (χ4n) is 3.38. The van der Waals surface area contributed by atoms with Gasteiger partial charge in [-0.15, -0.1) is 0 Å². The number of hydrogen-bond donors (Lipinski definition) is 0. The van der Waals surface area contributed by atoms with Gasteiger partial charge in [-0.25, -0.2) is 9.59 Å². The van der Waals surface area contributed by atoms with E-state index >= 15 is 0 Å². The third-order valence-corrected chi connectivity index (χ3v) is 5.27. The van der Waals surface area contributed by atoms with Crippen LogP contribution in [0.2, 0.25) is 0 Å². The summed E-state index contributed by atoms with van der Waals surface area (Å²) in [6.45, 7) is 7.87. The molecule has 1 aliphatic rings. The summed E-state index contributed by atoms with van der Waals surface area (Å²) in [5, 5.41) is 0. The van der Waals surface area contributed by atoms with Gasteiger partial charge in [-0.3, -0.25) is 0 Å².